The summed E-state index contributed by atoms with van der Waals surface area (Å²) in [5, 5.41) is 4.05. The van der Waals surface area contributed by atoms with Gasteiger partial charge in [-0.15, -0.1) is 0 Å². The topological polar surface area (TPSA) is 38.1 Å². The van der Waals surface area contributed by atoms with Crippen molar-refractivity contribution in [3.63, 3.8) is 0 Å². The van der Waals surface area contributed by atoms with Crippen LogP contribution in [0, 0.1) is 5.82 Å². The molecule has 1 amide bonds. The average Bonchev–Trinajstić information content (AvgIpc) is 2.74. The predicted molar refractivity (Wildman–Crippen MR) is 73.1 cm³/mol. The van der Waals surface area contributed by atoms with Gasteiger partial charge < -0.3 is 4.90 Å². The Morgan fingerprint density at radius 1 is 1.53 bits per heavy atom. The Hall–Kier alpha value is -1.69. The van der Waals surface area contributed by atoms with Crippen LogP contribution < -0.4 is 0 Å². The van der Waals surface area contributed by atoms with Crippen LogP contribution in [-0.4, -0.2) is 27.6 Å². The van der Waals surface area contributed by atoms with Gasteiger partial charge in [0.1, 0.15) is 5.82 Å². The zero-order valence-electron chi connectivity index (χ0n) is 10.6. The maximum atomic E-state index is 13.0. The third kappa shape index (κ3) is 3.20. The van der Waals surface area contributed by atoms with Crippen molar-refractivity contribution >= 4 is 21.8 Å². The van der Waals surface area contributed by atoms with E-state index in [1.54, 1.807) is 22.8 Å². The van der Waals surface area contributed by atoms with Gasteiger partial charge >= 0.3 is 0 Å². The summed E-state index contributed by atoms with van der Waals surface area (Å²) in [5.74, 6) is -0.547. The van der Waals surface area contributed by atoms with Crippen molar-refractivity contribution in [3.05, 3.63) is 52.0 Å². The van der Waals surface area contributed by atoms with Crippen LogP contribution in [-0.2, 0) is 13.6 Å². The van der Waals surface area contributed by atoms with Crippen LogP contribution in [0.25, 0.3) is 0 Å². The van der Waals surface area contributed by atoms with Crippen LogP contribution in [0.1, 0.15) is 15.9 Å². The molecule has 0 N–H and O–H groups in total. The minimum absolute atomic E-state index is 0.171. The van der Waals surface area contributed by atoms with Gasteiger partial charge in [-0.05, 0) is 34.1 Å². The summed E-state index contributed by atoms with van der Waals surface area (Å²) in [7, 11) is 3.52. The summed E-state index contributed by atoms with van der Waals surface area (Å²) in [6.45, 7) is 0.455. The minimum Gasteiger partial charge on any atom is -0.337 e. The molecule has 0 unspecified atom stereocenters. The van der Waals surface area contributed by atoms with Crippen LogP contribution in [0.3, 0.4) is 0 Å². The second kappa shape index (κ2) is 5.52. The van der Waals surface area contributed by atoms with E-state index in [1.165, 1.54) is 18.2 Å². The number of carbonyl (C=O) groups is 1. The summed E-state index contributed by atoms with van der Waals surface area (Å²) in [6.07, 6.45) is 3.56. The average molecular weight is 326 g/mol. The lowest BCUT2D eigenvalue weighted by atomic mass is 10.2. The van der Waals surface area contributed by atoms with Gasteiger partial charge in [-0.25, -0.2) is 4.39 Å². The lowest BCUT2D eigenvalue weighted by molar-refractivity contribution is 0.0784. The molecular formula is C13H13BrFN3O. The molecule has 6 heteroatoms. The first-order valence-corrected chi connectivity index (χ1v) is 6.44. The molecule has 0 bridgehead atoms. The van der Waals surface area contributed by atoms with E-state index in [0.29, 0.717) is 16.6 Å². The van der Waals surface area contributed by atoms with Gasteiger partial charge in [0.15, 0.2) is 0 Å². The van der Waals surface area contributed by atoms with E-state index >= 15 is 0 Å². The first-order valence-electron chi connectivity index (χ1n) is 5.65. The van der Waals surface area contributed by atoms with E-state index < -0.39 is 0 Å². The van der Waals surface area contributed by atoms with E-state index in [0.717, 1.165) is 5.56 Å². The zero-order chi connectivity index (χ0) is 14.0. The number of nitrogens with zero attached hydrogens (tertiary/aromatic N) is 3. The SMILES string of the molecule is CN(Cc1cnn(C)c1)C(=O)c1ccc(F)cc1Br. The second-order valence-electron chi connectivity index (χ2n) is 4.31. The lowest BCUT2D eigenvalue weighted by Gasteiger charge is -2.17. The highest BCUT2D eigenvalue weighted by molar-refractivity contribution is 9.10. The maximum absolute atomic E-state index is 13.0. The summed E-state index contributed by atoms with van der Waals surface area (Å²) < 4.78 is 15.1. The Balaban J connectivity index is 2.14. The third-order valence-electron chi connectivity index (χ3n) is 2.69. The Bertz CT molecular complexity index is 612. The first kappa shape index (κ1) is 13.7. The van der Waals surface area contributed by atoms with Gasteiger partial charge in [0.05, 0.1) is 11.8 Å². The summed E-state index contributed by atoms with van der Waals surface area (Å²) in [6, 6.07) is 4.03. The standard InChI is InChI=1S/C13H13BrFN3O/c1-17(7-9-6-16-18(2)8-9)13(19)11-4-3-10(15)5-12(11)14/h3-6,8H,7H2,1-2H3. The molecule has 1 heterocycles. The molecule has 0 aliphatic heterocycles. The summed E-state index contributed by atoms with van der Waals surface area (Å²) >= 11 is 3.20. The molecule has 0 fully saturated rings. The lowest BCUT2D eigenvalue weighted by Crippen LogP contribution is -2.26. The Kier molecular flexibility index (Phi) is 3.99. The molecule has 0 aliphatic rings. The van der Waals surface area contributed by atoms with Gasteiger partial charge in [0.25, 0.3) is 5.91 Å². The van der Waals surface area contributed by atoms with E-state index in [4.69, 9.17) is 0 Å². The number of aromatic nitrogens is 2. The van der Waals surface area contributed by atoms with E-state index in [-0.39, 0.29) is 11.7 Å². The third-order valence-corrected chi connectivity index (χ3v) is 3.34. The number of rotatable bonds is 3. The highest BCUT2D eigenvalue weighted by atomic mass is 79.9. The number of hydrogen-bond acceptors (Lipinski definition) is 2. The number of benzene rings is 1. The molecule has 0 atom stereocenters. The molecule has 19 heavy (non-hydrogen) atoms. The molecule has 2 rings (SSSR count). The van der Waals surface area contributed by atoms with E-state index in [2.05, 4.69) is 21.0 Å². The molecule has 0 spiro atoms. The van der Waals surface area contributed by atoms with Gasteiger partial charge in [-0.1, -0.05) is 0 Å². The van der Waals surface area contributed by atoms with Crippen molar-refractivity contribution in [3.8, 4) is 0 Å². The molecule has 0 aliphatic carbocycles. The predicted octanol–water partition coefficient (Wildman–Crippen LogP) is 2.59. The Labute approximate surface area is 119 Å². The second-order valence-corrected chi connectivity index (χ2v) is 5.16. The van der Waals surface area contributed by atoms with Gasteiger partial charge in [-0.2, -0.15) is 5.10 Å². The summed E-state index contributed by atoms with van der Waals surface area (Å²) in [5.41, 5.74) is 1.38. The highest BCUT2D eigenvalue weighted by Gasteiger charge is 2.16. The van der Waals surface area contributed by atoms with E-state index in [1.807, 2.05) is 13.2 Å². The molecule has 4 nitrogen and oxygen atoms in total. The number of carbonyl (C=O) groups excluding carboxylic acids is 1. The Morgan fingerprint density at radius 2 is 2.26 bits per heavy atom. The van der Waals surface area contributed by atoms with Crippen molar-refractivity contribution in [2.24, 2.45) is 7.05 Å². The van der Waals surface area contributed by atoms with Crippen LogP contribution in [0.2, 0.25) is 0 Å². The minimum atomic E-state index is -0.377. The normalized spacial score (nSPS) is 10.5. The van der Waals surface area contributed by atoms with Crippen molar-refractivity contribution in [1.29, 1.82) is 0 Å². The van der Waals surface area contributed by atoms with Gasteiger partial charge in [0.2, 0.25) is 0 Å². The van der Waals surface area contributed by atoms with Crippen LogP contribution in [0.15, 0.2) is 35.1 Å². The van der Waals surface area contributed by atoms with Crippen LogP contribution in [0.4, 0.5) is 4.39 Å². The van der Waals surface area contributed by atoms with Crippen LogP contribution in [0.5, 0.6) is 0 Å². The zero-order valence-corrected chi connectivity index (χ0v) is 12.2. The van der Waals surface area contributed by atoms with Crippen molar-refractivity contribution in [2.45, 2.75) is 6.54 Å². The fraction of sp³-hybridized carbons (Fsp3) is 0.231. The molecule has 100 valence electrons. The van der Waals surface area contributed by atoms with Gasteiger partial charge in [-0.3, -0.25) is 9.48 Å². The quantitative estimate of drug-likeness (QED) is 0.870. The highest BCUT2D eigenvalue weighted by Crippen LogP contribution is 2.20. The van der Waals surface area contributed by atoms with Gasteiger partial charge in [0, 0.05) is 36.9 Å². The van der Waals surface area contributed by atoms with Crippen LogP contribution >= 0.6 is 15.9 Å². The fourth-order valence-corrected chi connectivity index (χ4v) is 2.29. The number of hydrogen-bond donors (Lipinski definition) is 0. The molecule has 1 aromatic heterocycles. The number of aryl methyl sites for hydroxylation is 1. The first-order chi connectivity index (χ1) is 8.97. The van der Waals surface area contributed by atoms with Crippen molar-refractivity contribution < 1.29 is 9.18 Å². The van der Waals surface area contributed by atoms with Crippen molar-refractivity contribution in [1.82, 2.24) is 14.7 Å². The molecular weight excluding hydrogens is 313 g/mol. The maximum Gasteiger partial charge on any atom is 0.255 e. The molecule has 1 aromatic carbocycles. The Morgan fingerprint density at radius 3 is 2.84 bits per heavy atom. The largest absolute Gasteiger partial charge is 0.337 e. The van der Waals surface area contributed by atoms with Crippen molar-refractivity contribution in [2.75, 3.05) is 7.05 Å². The molecule has 0 saturated carbocycles. The molecule has 0 radical (unpaired) electrons. The summed E-state index contributed by atoms with van der Waals surface area (Å²) in [4.78, 5) is 13.8. The number of halogens is 2. The molecule has 2 aromatic rings. The number of amides is 1. The molecule has 0 saturated heterocycles. The monoisotopic (exact) mass is 325 g/mol. The van der Waals surface area contributed by atoms with E-state index in [9.17, 15) is 9.18 Å². The smallest absolute Gasteiger partial charge is 0.255 e. The fourth-order valence-electron chi connectivity index (χ4n) is 1.77.